The maximum absolute atomic E-state index is 6.28. The second-order valence-corrected chi connectivity index (χ2v) is 9.30. The van der Waals surface area contributed by atoms with E-state index in [1.807, 2.05) is 0 Å². The molecule has 0 heterocycles. The minimum atomic E-state index is 0.163. The van der Waals surface area contributed by atoms with Crippen LogP contribution in [-0.2, 0) is 5.41 Å². The van der Waals surface area contributed by atoms with Crippen molar-refractivity contribution in [2.24, 2.45) is 33.8 Å². The number of benzene rings is 1. The predicted molar refractivity (Wildman–Crippen MR) is 98.7 cm³/mol. The van der Waals surface area contributed by atoms with E-state index in [1.165, 1.54) is 37.7 Å². The van der Waals surface area contributed by atoms with Crippen molar-refractivity contribution in [2.45, 2.75) is 44.4 Å². The van der Waals surface area contributed by atoms with Gasteiger partial charge in [-0.25, -0.2) is 0 Å². The SMILES string of the molecule is CCC1(CCCl)C2CC3(C(N)=S)CC4(c5ccccc5)CC1C234. The fraction of sp³-hybridized carbons (Fsp3) is 0.650. The molecule has 4 aliphatic rings. The Morgan fingerprint density at radius 3 is 2.52 bits per heavy atom. The van der Waals surface area contributed by atoms with Crippen LogP contribution >= 0.6 is 23.8 Å². The fourth-order valence-corrected chi connectivity index (χ4v) is 8.91. The lowest BCUT2D eigenvalue weighted by molar-refractivity contribution is -0.484. The Morgan fingerprint density at radius 2 is 1.96 bits per heavy atom. The van der Waals surface area contributed by atoms with Gasteiger partial charge in [-0.1, -0.05) is 49.5 Å². The normalized spacial score (nSPS) is 51.2. The van der Waals surface area contributed by atoms with Gasteiger partial charge in [-0.2, -0.15) is 0 Å². The zero-order valence-electron chi connectivity index (χ0n) is 13.6. The summed E-state index contributed by atoms with van der Waals surface area (Å²) < 4.78 is 0. The Morgan fingerprint density at radius 1 is 1.26 bits per heavy atom. The molecule has 6 atom stereocenters. The van der Waals surface area contributed by atoms with Gasteiger partial charge in [0.05, 0.1) is 4.99 Å². The monoisotopic (exact) mass is 345 g/mol. The van der Waals surface area contributed by atoms with Crippen molar-refractivity contribution >= 4 is 28.8 Å². The quantitative estimate of drug-likeness (QED) is 0.620. The van der Waals surface area contributed by atoms with Crippen molar-refractivity contribution in [3.63, 3.8) is 0 Å². The van der Waals surface area contributed by atoms with Gasteiger partial charge in [-0.05, 0) is 60.3 Å². The molecule has 23 heavy (non-hydrogen) atoms. The maximum atomic E-state index is 6.28. The summed E-state index contributed by atoms with van der Waals surface area (Å²) >= 11 is 11.8. The van der Waals surface area contributed by atoms with Gasteiger partial charge in [0.25, 0.3) is 0 Å². The van der Waals surface area contributed by atoms with Crippen LogP contribution in [0, 0.1) is 28.1 Å². The third-order valence-electron chi connectivity index (χ3n) is 8.80. The lowest BCUT2D eigenvalue weighted by Crippen LogP contribution is -2.98. The van der Waals surface area contributed by atoms with Gasteiger partial charge in [0.1, 0.15) is 0 Å². The van der Waals surface area contributed by atoms with Crippen LogP contribution in [0.3, 0.4) is 0 Å². The average Bonchev–Trinajstić information content (AvgIpc) is 2.50. The van der Waals surface area contributed by atoms with Crippen LogP contribution in [0.4, 0.5) is 0 Å². The summed E-state index contributed by atoms with van der Waals surface area (Å²) in [5.74, 6) is 2.36. The van der Waals surface area contributed by atoms with Crippen molar-refractivity contribution < 1.29 is 0 Å². The Kier molecular flexibility index (Phi) is 2.65. The highest BCUT2D eigenvalue weighted by molar-refractivity contribution is 7.80. The summed E-state index contributed by atoms with van der Waals surface area (Å²) in [6.45, 7) is 2.36. The summed E-state index contributed by atoms with van der Waals surface area (Å²) in [6.07, 6.45) is 6.16. The van der Waals surface area contributed by atoms with E-state index in [2.05, 4.69) is 37.3 Å². The molecule has 3 heteroatoms. The Labute approximate surface area is 149 Å². The molecule has 0 aromatic heterocycles. The second kappa shape index (κ2) is 4.14. The molecule has 1 spiro atoms. The van der Waals surface area contributed by atoms with Crippen molar-refractivity contribution in [1.29, 1.82) is 0 Å². The Hall–Kier alpha value is -0.600. The first-order valence-electron chi connectivity index (χ1n) is 8.97. The summed E-state index contributed by atoms with van der Waals surface area (Å²) in [7, 11) is 0. The van der Waals surface area contributed by atoms with Crippen molar-refractivity contribution in [1.82, 2.24) is 0 Å². The molecule has 6 unspecified atom stereocenters. The number of hydrogen-bond acceptors (Lipinski definition) is 1. The summed E-state index contributed by atoms with van der Waals surface area (Å²) in [5.41, 5.74) is 9.19. The smallest absolute Gasteiger partial charge is 0.0796 e. The molecule has 0 bridgehead atoms. The number of nitrogens with two attached hydrogens (primary N) is 1. The van der Waals surface area contributed by atoms with E-state index in [9.17, 15) is 0 Å². The van der Waals surface area contributed by atoms with Gasteiger partial charge in [0.2, 0.25) is 0 Å². The topological polar surface area (TPSA) is 26.0 Å². The van der Waals surface area contributed by atoms with E-state index < -0.39 is 0 Å². The summed E-state index contributed by atoms with van der Waals surface area (Å²) in [4.78, 5) is 0.792. The lowest BCUT2D eigenvalue weighted by atomic mass is 9.03. The zero-order valence-corrected chi connectivity index (χ0v) is 15.2. The van der Waals surface area contributed by atoms with Gasteiger partial charge >= 0.3 is 0 Å². The fourth-order valence-electron chi connectivity index (χ4n) is 8.24. The van der Waals surface area contributed by atoms with Crippen molar-refractivity contribution in [3.8, 4) is 0 Å². The molecule has 1 aromatic rings. The first-order chi connectivity index (χ1) is 11.1. The summed E-state index contributed by atoms with van der Waals surface area (Å²) in [6, 6.07) is 11.2. The molecular weight excluding hydrogens is 322 g/mol. The molecule has 1 nitrogen and oxygen atoms in total. The molecule has 4 saturated carbocycles. The molecule has 2 N–H and O–H groups in total. The molecule has 1 aromatic carbocycles. The molecular formula is C20H24ClNS. The average molecular weight is 346 g/mol. The van der Waals surface area contributed by atoms with Gasteiger partial charge in [-0.3, -0.25) is 0 Å². The van der Waals surface area contributed by atoms with Gasteiger partial charge < -0.3 is 5.73 Å². The Bertz CT molecular complexity index is 695. The van der Waals surface area contributed by atoms with Gasteiger partial charge in [-0.15, -0.1) is 11.6 Å². The minimum Gasteiger partial charge on any atom is -0.393 e. The molecule has 0 amide bonds. The highest BCUT2D eigenvalue weighted by atomic mass is 35.5. The van der Waals surface area contributed by atoms with Crippen LogP contribution in [0.15, 0.2) is 30.3 Å². The molecule has 0 radical (unpaired) electrons. The molecule has 122 valence electrons. The number of hydrogen-bond donors (Lipinski definition) is 1. The van der Waals surface area contributed by atoms with Crippen molar-refractivity contribution in [2.75, 3.05) is 5.88 Å². The van der Waals surface area contributed by atoms with Crippen LogP contribution in [-0.4, -0.2) is 10.9 Å². The lowest BCUT2D eigenvalue weighted by Gasteiger charge is -3.00. The van der Waals surface area contributed by atoms with Crippen molar-refractivity contribution in [3.05, 3.63) is 35.9 Å². The third-order valence-corrected chi connectivity index (χ3v) is 9.38. The molecule has 4 aliphatic carbocycles. The van der Waals surface area contributed by atoms with Crippen LogP contribution in [0.1, 0.15) is 44.6 Å². The van der Waals surface area contributed by atoms with E-state index in [-0.39, 0.29) is 5.41 Å². The standard InChI is InChI=1S/C20H24ClNS/c1-2-17(8-9-21)14-10-18(13-6-4-3-5-7-13)12-19(16(22)23)11-15(17)20(14,18)19/h3-7,14-15H,2,8-12H2,1H3,(H2,22,23). The molecule has 4 fully saturated rings. The van der Waals surface area contributed by atoms with Crippen LogP contribution in [0.5, 0.6) is 0 Å². The van der Waals surface area contributed by atoms with E-state index in [4.69, 9.17) is 29.6 Å². The van der Waals surface area contributed by atoms with E-state index >= 15 is 0 Å². The molecule has 0 saturated heterocycles. The zero-order chi connectivity index (χ0) is 16.1. The first kappa shape index (κ1) is 14.7. The molecule has 5 rings (SSSR count). The summed E-state index contributed by atoms with van der Waals surface area (Å²) in [5, 5.41) is 0. The number of thiocarbonyl (C=S) groups is 1. The van der Waals surface area contributed by atoms with E-state index in [0.717, 1.165) is 22.7 Å². The molecule has 0 aliphatic heterocycles. The largest absolute Gasteiger partial charge is 0.393 e. The van der Waals surface area contributed by atoms with Gasteiger partial charge in [0.15, 0.2) is 0 Å². The van der Waals surface area contributed by atoms with E-state index in [1.54, 1.807) is 0 Å². The highest BCUT2D eigenvalue weighted by Gasteiger charge is 2.99. The van der Waals surface area contributed by atoms with E-state index in [0.29, 0.717) is 16.2 Å². The number of rotatable bonds is 5. The first-order valence-corrected chi connectivity index (χ1v) is 9.91. The third kappa shape index (κ3) is 1.13. The Balaban J connectivity index is 1.61. The highest BCUT2D eigenvalue weighted by Crippen LogP contribution is 3.01. The number of halogens is 1. The minimum absolute atomic E-state index is 0.163. The maximum Gasteiger partial charge on any atom is 0.0796 e. The predicted octanol–water partition coefficient (Wildman–Crippen LogP) is 4.67. The second-order valence-electron chi connectivity index (χ2n) is 8.48. The number of alkyl halides is 1. The van der Waals surface area contributed by atoms with Gasteiger partial charge in [0, 0.05) is 16.7 Å². The van der Waals surface area contributed by atoms with Crippen LogP contribution in [0.25, 0.3) is 0 Å². The van der Waals surface area contributed by atoms with Crippen LogP contribution in [0.2, 0.25) is 0 Å². The van der Waals surface area contributed by atoms with Crippen LogP contribution < -0.4 is 5.73 Å².